The van der Waals surface area contributed by atoms with Crippen LogP contribution in [0, 0.1) is 10.1 Å². The number of nitro benzene ring substituents is 1. The van der Waals surface area contributed by atoms with Gasteiger partial charge in [-0.2, -0.15) is 5.10 Å². The molecule has 8 nitrogen and oxygen atoms in total. The fourth-order valence-corrected chi connectivity index (χ4v) is 1.84. The molecule has 106 valence electrons. The number of nitrogens with zero attached hydrogens (tertiary/aromatic N) is 3. The molecule has 0 radical (unpaired) electrons. The van der Waals surface area contributed by atoms with Crippen LogP contribution in [0.5, 0.6) is 5.75 Å². The lowest BCUT2D eigenvalue weighted by molar-refractivity contribution is -0.384. The Morgan fingerprint density at radius 1 is 1.55 bits per heavy atom. The molecule has 0 aliphatic heterocycles. The van der Waals surface area contributed by atoms with Crippen molar-refractivity contribution in [2.45, 2.75) is 6.54 Å². The van der Waals surface area contributed by atoms with E-state index < -0.39 is 4.92 Å². The number of nitrogens with two attached hydrogens (primary N) is 1. The standard InChI is InChI=1S/C12H15N5O3/c1-16-12(13)8(7-15-16)6-14-9-4-3-5-10(20-2)11(9)17(18)19/h3-5,7,14H,6,13H2,1-2H3. The largest absolute Gasteiger partial charge is 0.490 e. The number of para-hydroxylation sites is 1. The zero-order valence-corrected chi connectivity index (χ0v) is 11.2. The van der Waals surface area contributed by atoms with Gasteiger partial charge in [-0.1, -0.05) is 6.07 Å². The lowest BCUT2D eigenvalue weighted by Crippen LogP contribution is -2.06. The van der Waals surface area contributed by atoms with Crippen LogP contribution in [0.4, 0.5) is 17.2 Å². The van der Waals surface area contributed by atoms with Crippen LogP contribution in [0.25, 0.3) is 0 Å². The SMILES string of the molecule is COc1cccc(NCc2cnn(C)c2N)c1[N+](=O)[O-]. The first-order chi connectivity index (χ1) is 9.54. The topological polar surface area (TPSA) is 108 Å². The first-order valence-corrected chi connectivity index (χ1v) is 5.86. The van der Waals surface area contributed by atoms with Crippen LogP contribution >= 0.6 is 0 Å². The molecule has 2 aromatic rings. The van der Waals surface area contributed by atoms with Crippen molar-refractivity contribution in [1.82, 2.24) is 9.78 Å². The minimum absolute atomic E-state index is 0.0996. The normalized spacial score (nSPS) is 10.3. The molecule has 2 rings (SSSR count). The first-order valence-electron chi connectivity index (χ1n) is 5.86. The van der Waals surface area contributed by atoms with Gasteiger partial charge >= 0.3 is 5.69 Å². The molecule has 0 fully saturated rings. The molecule has 1 aromatic heterocycles. The minimum Gasteiger partial charge on any atom is -0.490 e. The van der Waals surface area contributed by atoms with E-state index >= 15 is 0 Å². The van der Waals surface area contributed by atoms with E-state index in [0.29, 0.717) is 18.1 Å². The van der Waals surface area contributed by atoms with Crippen LogP contribution in [0.15, 0.2) is 24.4 Å². The van der Waals surface area contributed by atoms with Gasteiger partial charge in [0.15, 0.2) is 5.75 Å². The third-order valence-corrected chi connectivity index (χ3v) is 2.94. The smallest absolute Gasteiger partial charge is 0.333 e. The van der Waals surface area contributed by atoms with Crippen molar-refractivity contribution in [3.05, 3.63) is 40.1 Å². The van der Waals surface area contributed by atoms with Gasteiger partial charge in [-0.15, -0.1) is 0 Å². The number of benzene rings is 1. The Balaban J connectivity index is 2.25. The summed E-state index contributed by atoms with van der Waals surface area (Å²) in [5, 5.41) is 18.1. The fraction of sp³-hybridized carbons (Fsp3) is 0.250. The summed E-state index contributed by atoms with van der Waals surface area (Å²) in [6.07, 6.45) is 1.62. The van der Waals surface area contributed by atoms with Gasteiger partial charge in [0.2, 0.25) is 0 Å². The summed E-state index contributed by atoms with van der Waals surface area (Å²) in [5.74, 6) is 0.724. The molecule has 8 heteroatoms. The highest BCUT2D eigenvalue weighted by Crippen LogP contribution is 2.34. The minimum atomic E-state index is -0.478. The molecule has 0 amide bonds. The Kier molecular flexibility index (Phi) is 3.74. The number of anilines is 2. The van der Waals surface area contributed by atoms with Gasteiger partial charge in [-0.05, 0) is 12.1 Å². The van der Waals surface area contributed by atoms with Crippen molar-refractivity contribution in [2.24, 2.45) is 7.05 Å². The van der Waals surface area contributed by atoms with Gasteiger partial charge in [0.1, 0.15) is 11.5 Å². The van der Waals surface area contributed by atoms with Crippen molar-refractivity contribution in [3.8, 4) is 5.75 Å². The molecule has 0 aliphatic carbocycles. The predicted molar refractivity (Wildman–Crippen MR) is 74.6 cm³/mol. The summed E-state index contributed by atoms with van der Waals surface area (Å²) in [6, 6.07) is 4.84. The van der Waals surface area contributed by atoms with Crippen LogP contribution in [0.2, 0.25) is 0 Å². The molecule has 1 aromatic carbocycles. The number of hydrogen-bond acceptors (Lipinski definition) is 6. The third kappa shape index (κ3) is 2.48. The van der Waals surface area contributed by atoms with E-state index in [0.717, 1.165) is 5.56 Å². The summed E-state index contributed by atoms with van der Waals surface area (Å²) in [6.45, 7) is 0.341. The number of nitro groups is 1. The lowest BCUT2D eigenvalue weighted by atomic mass is 10.2. The van der Waals surface area contributed by atoms with Crippen LogP contribution in [0.1, 0.15) is 5.56 Å². The van der Waals surface area contributed by atoms with Crippen LogP contribution in [-0.2, 0) is 13.6 Å². The quantitative estimate of drug-likeness (QED) is 0.633. The monoisotopic (exact) mass is 277 g/mol. The molecular formula is C12H15N5O3. The molecule has 0 aliphatic rings. The summed E-state index contributed by atoms with van der Waals surface area (Å²) < 4.78 is 6.54. The Labute approximate surface area is 115 Å². The molecule has 0 bridgehead atoms. The maximum absolute atomic E-state index is 11.1. The van der Waals surface area contributed by atoms with Crippen molar-refractivity contribution in [3.63, 3.8) is 0 Å². The number of hydrogen-bond donors (Lipinski definition) is 2. The molecule has 0 atom stereocenters. The average Bonchev–Trinajstić information content (AvgIpc) is 2.75. The number of methoxy groups -OCH3 is 1. The van der Waals surface area contributed by atoms with Gasteiger partial charge in [-0.3, -0.25) is 14.8 Å². The highest BCUT2D eigenvalue weighted by Gasteiger charge is 2.20. The highest BCUT2D eigenvalue weighted by atomic mass is 16.6. The number of nitrogens with one attached hydrogen (secondary N) is 1. The second-order valence-corrected chi connectivity index (χ2v) is 4.15. The number of aryl methyl sites for hydroxylation is 1. The summed E-state index contributed by atoms with van der Waals surface area (Å²) in [7, 11) is 3.12. The second kappa shape index (κ2) is 5.47. The molecule has 0 saturated heterocycles. The van der Waals surface area contributed by atoms with E-state index in [9.17, 15) is 10.1 Å². The third-order valence-electron chi connectivity index (χ3n) is 2.94. The van der Waals surface area contributed by atoms with Crippen molar-refractivity contribution in [1.29, 1.82) is 0 Å². The Bertz CT molecular complexity index is 638. The van der Waals surface area contributed by atoms with E-state index in [1.165, 1.54) is 11.8 Å². The zero-order valence-electron chi connectivity index (χ0n) is 11.2. The average molecular weight is 277 g/mol. The van der Waals surface area contributed by atoms with Gasteiger partial charge in [-0.25, -0.2) is 0 Å². The Morgan fingerprint density at radius 2 is 2.30 bits per heavy atom. The molecule has 20 heavy (non-hydrogen) atoms. The maximum atomic E-state index is 11.1. The van der Waals surface area contributed by atoms with Crippen molar-refractivity contribution in [2.75, 3.05) is 18.2 Å². The molecule has 3 N–H and O–H groups in total. The van der Waals surface area contributed by atoms with E-state index in [1.54, 1.807) is 31.4 Å². The number of rotatable bonds is 5. The van der Waals surface area contributed by atoms with Crippen molar-refractivity contribution >= 4 is 17.2 Å². The Morgan fingerprint density at radius 3 is 2.85 bits per heavy atom. The highest BCUT2D eigenvalue weighted by molar-refractivity contribution is 5.68. The first kappa shape index (κ1) is 13.7. The zero-order chi connectivity index (χ0) is 14.7. The van der Waals surface area contributed by atoms with Gasteiger partial charge in [0, 0.05) is 19.2 Å². The lowest BCUT2D eigenvalue weighted by Gasteiger charge is -2.09. The predicted octanol–water partition coefficient (Wildman–Crippen LogP) is 1.53. The molecule has 0 saturated carbocycles. The summed E-state index contributed by atoms with van der Waals surface area (Å²) in [5.41, 5.74) is 6.86. The Hall–Kier alpha value is -2.77. The fourth-order valence-electron chi connectivity index (χ4n) is 1.84. The number of ether oxygens (including phenoxy) is 1. The van der Waals surface area contributed by atoms with Crippen LogP contribution in [-0.4, -0.2) is 21.8 Å². The summed E-state index contributed by atoms with van der Waals surface area (Å²) >= 11 is 0. The van der Waals surface area contributed by atoms with Crippen LogP contribution < -0.4 is 15.8 Å². The van der Waals surface area contributed by atoms with E-state index in [-0.39, 0.29) is 11.4 Å². The van der Waals surface area contributed by atoms with E-state index in [4.69, 9.17) is 10.5 Å². The van der Waals surface area contributed by atoms with Crippen molar-refractivity contribution < 1.29 is 9.66 Å². The maximum Gasteiger partial charge on any atom is 0.333 e. The van der Waals surface area contributed by atoms with Gasteiger partial charge < -0.3 is 15.8 Å². The van der Waals surface area contributed by atoms with Crippen LogP contribution in [0.3, 0.4) is 0 Å². The van der Waals surface area contributed by atoms with E-state index in [2.05, 4.69) is 10.4 Å². The molecular weight excluding hydrogens is 262 g/mol. The molecule has 1 heterocycles. The second-order valence-electron chi connectivity index (χ2n) is 4.15. The van der Waals surface area contributed by atoms with Gasteiger partial charge in [0.25, 0.3) is 0 Å². The summed E-state index contributed by atoms with van der Waals surface area (Å²) in [4.78, 5) is 10.6. The van der Waals surface area contributed by atoms with E-state index in [1.807, 2.05) is 0 Å². The number of nitrogen functional groups attached to an aromatic ring is 1. The molecule has 0 spiro atoms. The van der Waals surface area contributed by atoms with Gasteiger partial charge in [0.05, 0.1) is 18.2 Å². The molecule has 0 unspecified atom stereocenters. The number of aromatic nitrogens is 2.